The van der Waals surface area contributed by atoms with Crippen LogP contribution in [-0.2, 0) is 0 Å². The number of aromatic carboxylic acids is 1. The molecule has 0 heterocycles. The molecule has 6 nitrogen and oxygen atoms in total. The summed E-state index contributed by atoms with van der Waals surface area (Å²) in [4.78, 5) is 10.7. The molecule has 0 bridgehead atoms. The van der Waals surface area contributed by atoms with Crippen molar-refractivity contribution in [3.63, 3.8) is 0 Å². The van der Waals surface area contributed by atoms with Gasteiger partial charge in [0.2, 0.25) is 5.75 Å². The van der Waals surface area contributed by atoms with Crippen molar-refractivity contribution in [1.82, 2.24) is 0 Å². The van der Waals surface area contributed by atoms with Gasteiger partial charge in [0.05, 0.1) is 5.56 Å². The van der Waals surface area contributed by atoms with E-state index in [1.807, 2.05) is 0 Å². The first kappa shape index (κ1) is 14.3. The average molecular weight is 287 g/mol. The first-order valence-electron chi connectivity index (χ1n) is 5.99. The van der Waals surface area contributed by atoms with Crippen LogP contribution in [0.15, 0.2) is 42.6 Å². The molecule has 0 aliphatic carbocycles. The molecule has 0 radical (unpaired) electrons. The Hall–Kier alpha value is -3.15. The SMILES string of the molecule is O=C(O)c1ccc(N/C=C/c2ccc(O)c(O)c2O)cc1. The zero-order valence-electron chi connectivity index (χ0n) is 10.8. The van der Waals surface area contributed by atoms with Crippen molar-refractivity contribution >= 4 is 17.7 Å². The minimum atomic E-state index is -0.999. The maximum Gasteiger partial charge on any atom is 0.335 e. The molecule has 0 fully saturated rings. The van der Waals surface area contributed by atoms with Gasteiger partial charge in [-0.3, -0.25) is 0 Å². The molecule has 0 unspecified atom stereocenters. The minimum Gasteiger partial charge on any atom is -0.504 e. The number of phenols is 3. The van der Waals surface area contributed by atoms with Crippen LogP contribution in [0.1, 0.15) is 15.9 Å². The first-order valence-corrected chi connectivity index (χ1v) is 5.99. The normalized spacial score (nSPS) is 10.7. The summed E-state index contributed by atoms with van der Waals surface area (Å²) in [6.45, 7) is 0. The van der Waals surface area contributed by atoms with Gasteiger partial charge in [-0.25, -0.2) is 4.79 Å². The fourth-order valence-corrected chi connectivity index (χ4v) is 1.66. The number of carboxylic acids is 1. The van der Waals surface area contributed by atoms with Crippen LogP contribution in [0.25, 0.3) is 6.08 Å². The van der Waals surface area contributed by atoms with Gasteiger partial charge >= 0.3 is 5.97 Å². The van der Waals surface area contributed by atoms with Crippen molar-refractivity contribution < 1.29 is 25.2 Å². The topological polar surface area (TPSA) is 110 Å². The Morgan fingerprint density at radius 1 is 0.952 bits per heavy atom. The zero-order chi connectivity index (χ0) is 15.4. The molecule has 0 atom stereocenters. The average Bonchev–Trinajstić information content (AvgIpc) is 2.48. The van der Waals surface area contributed by atoms with E-state index in [2.05, 4.69) is 5.32 Å². The molecule has 0 saturated heterocycles. The van der Waals surface area contributed by atoms with E-state index in [0.29, 0.717) is 11.3 Å². The van der Waals surface area contributed by atoms with Gasteiger partial charge in [-0.2, -0.15) is 0 Å². The third-order valence-electron chi connectivity index (χ3n) is 2.81. The van der Waals surface area contributed by atoms with Crippen LogP contribution in [0.3, 0.4) is 0 Å². The lowest BCUT2D eigenvalue weighted by Gasteiger charge is -2.04. The summed E-state index contributed by atoms with van der Waals surface area (Å²) < 4.78 is 0. The lowest BCUT2D eigenvalue weighted by Crippen LogP contribution is -1.96. The summed E-state index contributed by atoms with van der Waals surface area (Å²) in [7, 11) is 0. The quantitative estimate of drug-likeness (QED) is 0.553. The second-order valence-electron chi connectivity index (χ2n) is 4.23. The highest BCUT2D eigenvalue weighted by Crippen LogP contribution is 2.37. The monoisotopic (exact) mass is 287 g/mol. The molecular formula is C15H13NO5. The summed E-state index contributed by atoms with van der Waals surface area (Å²) in [6, 6.07) is 8.82. The first-order chi connectivity index (χ1) is 9.99. The molecule has 0 amide bonds. The van der Waals surface area contributed by atoms with Crippen molar-refractivity contribution in [2.45, 2.75) is 0 Å². The summed E-state index contributed by atoms with van der Waals surface area (Å²) in [6.07, 6.45) is 3.01. The van der Waals surface area contributed by atoms with Crippen molar-refractivity contribution in [2.75, 3.05) is 5.32 Å². The smallest absolute Gasteiger partial charge is 0.335 e. The summed E-state index contributed by atoms with van der Waals surface area (Å²) >= 11 is 0. The molecule has 2 aromatic rings. The van der Waals surface area contributed by atoms with Gasteiger partial charge < -0.3 is 25.7 Å². The molecule has 0 spiro atoms. The number of anilines is 1. The maximum absolute atomic E-state index is 10.7. The van der Waals surface area contributed by atoms with Crippen LogP contribution in [-0.4, -0.2) is 26.4 Å². The Labute approximate surface area is 120 Å². The highest BCUT2D eigenvalue weighted by molar-refractivity contribution is 5.88. The standard InChI is InChI=1S/C15H13NO5/c17-12-6-3-9(13(18)14(12)19)7-8-16-11-4-1-10(2-5-11)15(20)21/h1-8,16-19H,(H,20,21)/b8-7+. The molecule has 0 aliphatic heterocycles. The van der Waals surface area contributed by atoms with Crippen molar-refractivity contribution in [3.8, 4) is 17.2 Å². The molecule has 0 saturated carbocycles. The van der Waals surface area contributed by atoms with Gasteiger partial charge in [-0.1, -0.05) is 0 Å². The lowest BCUT2D eigenvalue weighted by molar-refractivity contribution is 0.0697. The number of carbonyl (C=O) groups is 1. The summed E-state index contributed by atoms with van der Waals surface area (Å²) in [5.74, 6) is -2.40. The van der Waals surface area contributed by atoms with Crippen molar-refractivity contribution in [1.29, 1.82) is 0 Å². The number of carboxylic acid groups (broad SMARTS) is 1. The number of nitrogens with one attached hydrogen (secondary N) is 1. The highest BCUT2D eigenvalue weighted by atomic mass is 16.4. The van der Waals surface area contributed by atoms with E-state index in [9.17, 15) is 20.1 Å². The molecular weight excluding hydrogens is 274 g/mol. The second kappa shape index (κ2) is 5.87. The van der Waals surface area contributed by atoms with Crippen LogP contribution >= 0.6 is 0 Å². The molecule has 6 heteroatoms. The zero-order valence-corrected chi connectivity index (χ0v) is 10.8. The van der Waals surface area contributed by atoms with Gasteiger partial charge in [-0.15, -0.1) is 0 Å². The summed E-state index contributed by atoms with van der Waals surface area (Å²) in [5.41, 5.74) is 1.17. The highest BCUT2D eigenvalue weighted by Gasteiger charge is 2.08. The summed E-state index contributed by atoms with van der Waals surface area (Å²) in [5, 5.41) is 39.9. The molecule has 108 valence electrons. The van der Waals surface area contributed by atoms with Crippen molar-refractivity contribution in [3.05, 3.63) is 53.7 Å². The lowest BCUT2D eigenvalue weighted by atomic mass is 10.1. The van der Waals surface area contributed by atoms with Gasteiger partial charge in [0.25, 0.3) is 0 Å². The number of hydrogen-bond donors (Lipinski definition) is 5. The molecule has 0 aliphatic rings. The van der Waals surface area contributed by atoms with Gasteiger partial charge in [-0.05, 0) is 42.5 Å². The van der Waals surface area contributed by atoms with Crippen LogP contribution in [0.4, 0.5) is 5.69 Å². The Balaban J connectivity index is 2.09. The van der Waals surface area contributed by atoms with E-state index in [1.54, 1.807) is 12.1 Å². The predicted octanol–water partition coefficient (Wildman–Crippen LogP) is 2.58. The van der Waals surface area contributed by atoms with Crippen LogP contribution in [0.2, 0.25) is 0 Å². The Bertz CT molecular complexity index is 692. The Kier molecular flexibility index (Phi) is 3.99. The van der Waals surface area contributed by atoms with E-state index in [-0.39, 0.29) is 5.56 Å². The molecule has 2 rings (SSSR count). The van der Waals surface area contributed by atoms with E-state index >= 15 is 0 Å². The third kappa shape index (κ3) is 3.24. The van der Waals surface area contributed by atoms with Crippen LogP contribution < -0.4 is 5.32 Å². The molecule has 0 aromatic heterocycles. The Morgan fingerprint density at radius 2 is 1.62 bits per heavy atom. The molecule has 21 heavy (non-hydrogen) atoms. The van der Waals surface area contributed by atoms with Crippen molar-refractivity contribution in [2.24, 2.45) is 0 Å². The number of benzene rings is 2. The van der Waals surface area contributed by atoms with Gasteiger partial charge in [0.1, 0.15) is 0 Å². The number of aromatic hydroxyl groups is 3. The maximum atomic E-state index is 10.7. The number of hydrogen-bond acceptors (Lipinski definition) is 5. The van der Waals surface area contributed by atoms with E-state index in [1.165, 1.54) is 36.5 Å². The second-order valence-corrected chi connectivity index (χ2v) is 4.23. The fourth-order valence-electron chi connectivity index (χ4n) is 1.66. The van der Waals surface area contributed by atoms with E-state index in [4.69, 9.17) is 5.11 Å². The van der Waals surface area contributed by atoms with Crippen LogP contribution in [0, 0.1) is 0 Å². The Morgan fingerprint density at radius 3 is 2.24 bits per heavy atom. The molecule has 2 aromatic carbocycles. The van der Waals surface area contributed by atoms with Gasteiger partial charge in [0, 0.05) is 17.5 Å². The predicted molar refractivity (Wildman–Crippen MR) is 77.5 cm³/mol. The number of rotatable bonds is 4. The van der Waals surface area contributed by atoms with Gasteiger partial charge in [0.15, 0.2) is 11.5 Å². The van der Waals surface area contributed by atoms with E-state index in [0.717, 1.165) is 0 Å². The number of phenolic OH excluding ortho intramolecular Hbond substituents is 3. The van der Waals surface area contributed by atoms with Crippen LogP contribution in [0.5, 0.6) is 17.2 Å². The minimum absolute atomic E-state index is 0.186. The largest absolute Gasteiger partial charge is 0.504 e. The molecule has 5 N–H and O–H groups in total. The van der Waals surface area contributed by atoms with E-state index < -0.39 is 23.2 Å². The fraction of sp³-hybridized carbons (Fsp3) is 0. The third-order valence-corrected chi connectivity index (χ3v) is 2.81.